The zero-order chi connectivity index (χ0) is 25.1. The van der Waals surface area contributed by atoms with E-state index in [1.807, 2.05) is 0 Å². The van der Waals surface area contributed by atoms with Gasteiger partial charge in [-0.2, -0.15) is 0 Å². The van der Waals surface area contributed by atoms with Crippen molar-refractivity contribution in [1.29, 1.82) is 0 Å². The van der Waals surface area contributed by atoms with Crippen LogP contribution in [0, 0.1) is 40.4 Å². The van der Waals surface area contributed by atoms with Gasteiger partial charge in [-0.3, -0.25) is 9.59 Å². The highest BCUT2D eigenvalue weighted by Crippen LogP contribution is 2.68. The number of fused-ring (bicyclic) bond motifs is 5. The van der Waals surface area contributed by atoms with Gasteiger partial charge >= 0.3 is 5.97 Å². The number of unbranched alkanes of at least 4 members (excludes halogenated alkanes) is 8. The molecule has 35 heavy (non-hydrogen) atoms. The van der Waals surface area contributed by atoms with Crippen LogP contribution in [0.1, 0.15) is 136 Å². The van der Waals surface area contributed by atoms with E-state index in [9.17, 15) is 14.7 Å². The number of carboxylic acids is 1. The molecule has 4 aliphatic carbocycles. The SMILES string of the molecule is C[C@]12CCC(=O)C[C@@H]1CC[C@@H]1[C@@H]2[C@@H](CCCCCCCCCCCC(=O)O)C[C@]2(C)[C@@H](O)CC[C@@H]12. The first-order valence-corrected chi connectivity index (χ1v) is 15.2. The first-order chi connectivity index (χ1) is 16.8. The average molecular weight is 489 g/mol. The van der Waals surface area contributed by atoms with Gasteiger partial charge in [0.25, 0.3) is 0 Å². The van der Waals surface area contributed by atoms with E-state index in [2.05, 4.69) is 13.8 Å². The molecule has 0 saturated heterocycles. The predicted molar refractivity (Wildman–Crippen MR) is 140 cm³/mol. The Morgan fingerprint density at radius 1 is 0.886 bits per heavy atom. The molecular weight excluding hydrogens is 436 g/mol. The van der Waals surface area contributed by atoms with Gasteiger partial charge in [0.05, 0.1) is 6.10 Å². The van der Waals surface area contributed by atoms with Crippen LogP contribution in [0.3, 0.4) is 0 Å². The molecule has 0 radical (unpaired) electrons. The van der Waals surface area contributed by atoms with Crippen LogP contribution in [0.4, 0.5) is 0 Å². The average Bonchev–Trinajstić information content (AvgIpc) is 3.11. The molecule has 0 aromatic rings. The Morgan fingerprint density at radius 3 is 2.23 bits per heavy atom. The summed E-state index contributed by atoms with van der Waals surface area (Å²) in [6.07, 6.45) is 20.9. The standard InChI is InChI=1S/C31H52O4/c1-30-19-18-24(32)20-23(30)14-15-25-26-16-17-27(33)31(26,2)21-22(29(25)30)12-10-8-6-4-3-5-7-9-11-13-28(34)35/h22-23,25-27,29,33H,3-21H2,1-2H3,(H,34,35)/t22-,23-,25-,26-,27-,29-,30-,31-/m0/s1. The van der Waals surface area contributed by atoms with Crippen molar-refractivity contribution in [1.82, 2.24) is 0 Å². The number of carbonyl (C=O) groups is 2. The van der Waals surface area contributed by atoms with Gasteiger partial charge < -0.3 is 10.2 Å². The molecule has 4 aliphatic rings. The number of carbonyl (C=O) groups excluding carboxylic acids is 1. The number of aliphatic hydroxyl groups excluding tert-OH is 1. The number of Topliss-reactive ketones (excluding diaryl/α,β-unsaturated/α-hetero) is 1. The van der Waals surface area contributed by atoms with Crippen molar-refractivity contribution in [3.05, 3.63) is 0 Å². The van der Waals surface area contributed by atoms with Crippen LogP contribution >= 0.6 is 0 Å². The summed E-state index contributed by atoms with van der Waals surface area (Å²) in [6.45, 7) is 4.96. The number of aliphatic hydroxyl groups is 1. The first-order valence-electron chi connectivity index (χ1n) is 15.2. The van der Waals surface area contributed by atoms with Gasteiger partial charge in [-0.1, -0.05) is 71.6 Å². The second-order valence-electron chi connectivity index (χ2n) is 13.5. The molecule has 4 fully saturated rings. The van der Waals surface area contributed by atoms with Gasteiger partial charge in [0, 0.05) is 19.3 Å². The molecule has 2 N–H and O–H groups in total. The van der Waals surface area contributed by atoms with Crippen LogP contribution < -0.4 is 0 Å². The fourth-order valence-electron chi connectivity index (χ4n) is 9.62. The van der Waals surface area contributed by atoms with E-state index in [0.29, 0.717) is 35.4 Å². The van der Waals surface area contributed by atoms with Crippen molar-refractivity contribution in [2.75, 3.05) is 0 Å². The molecule has 4 rings (SSSR count). The maximum absolute atomic E-state index is 12.3. The zero-order valence-corrected chi connectivity index (χ0v) is 22.6. The molecule has 200 valence electrons. The van der Waals surface area contributed by atoms with Crippen molar-refractivity contribution in [3.63, 3.8) is 0 Å². The van der Waals surface area contributed by atoms with Crippen molar-refractivity contribution < 1.29 is 19.8 Å². The number of hydrogen-bond acceptors (Lipinski definition) is 3. The second kappa shape index (κ2) is 11.7. The van der Waals surface area contributed by atoms with Crippen LogP contribution in [0.5, 0.6) is 0 Å². The summed E-state index contributed by atoms with van der Waals surface area (Å²) >= 11 is 0. The Labute approximate surface area is 214 Å². The molecular formula is C31H52O4. The minimum absolute atomic E-state index is 0.111. The minimum atomic E-state index is -0.670. The van der Waals surface area contributed by atoms with Crippen LogP contribution in [-0.2, 0) is 9.59 Å². The summed E-state index contributed by atoms with van der Waals surface area (Å²) < 4.78 is 0. The normalized spacial score (nSPS) is 40.7. The molecule has 0 bridgehead atoms. The van der Waals surface area contributed by atoms with Crippen molar-refractivity contribution in [3.8, 4) is 0 Å². The summed E-state index contributed by atoms with van der Waals surface area (Å²) in [5.74, 6) is 3.33. The molecule has 4 heteroatoms. The second-order valence-corrected chi connectivity index (χ2v) is 13.5. The molecule has 0 aromatic heterocycles. The molecule has 0 heterocycles. The summed E-state index contributed by atoms with van der Waals surface area (Å²) in [7, 11) is 0. The molecule has 8 atom stereocenters. The lowest BCUT2D eigenvalue weighted by Crippen LogP contribution is -2.57. The molecule has 0 aliphatic heterocycles. The predicted octanol–water partition coefficient (Wildman–Crippen LogP) is 7.56. The number of carboxylic acid groups (broad SMARTS) is 1. The van der Waals surface area contributed by atoms with E-state index < -0.39 is 5.97 Å². The maximum atomic E-state index is 12.3. The Kier molecular flexibility index (Phi) is 9.04. The van der Waals surface area contributed by atoms with E-state index in [1.165, 1.54) is 77.0 Å². The third kappa shape index (κ3) is 5.83. The number of ketones is 1. The van der Waals surface area contributed by atoms with E-state index >= 15 is 0 Å². The molecule has 0 aromatic carbocycles. The third-order valence-corrected chi connectivity index (χ3v) is 11.5. The zero-order valence-electron chi connectivity index (χ0n) is 22.6. The topological polar surface area (TPSA) is 74.6 Å². The minimum Gasteiger partial charge on any atom is -0.481 e. The number of aliphatic carboxylic acids is 1. The summed E-state index contributed by atoms with van der Waals surface area (Å²) in [6, 6.07) is 0. The summed E-state index contributed by atoms with van der Waals surface area (Å²) in [5.41, 5.74) is 0.442. The van der Waals surface area contributed by atoms with E-state index in [1.54, 1.807) is 0 Å². The van der Waals surface area contributed by atoms with Gasteiger partial charge in [0.1, 0.15) is 5.78 Å². The number of rotatable bonds is 12. The van der Waals surface area contributed by atoms with E-state index in [4.69, 9.17) is 5.11 Å². The lowest BCUT2D eigenvalue weighted by atomic mass is 9.42. The van der Waals surface area contributed by atoms with E-state index in [0.717, 1.165) is 50.4 Å². The van der Waals surface area contributed by atoms with Crippen molar-refractivity contribution in [2.45, 2.75) is 142 Å². The first kappa shape index (κ1) is 27.1. The Bertz CT molecular complexity index is 733. The highest BCUT2D eigenvalue weighted by atomic mass is 16.4. The van der Waals surface area contributed by atoms with Crippen LogP contribution in [-0.4, -0.2) is 28.1 Å². The number of hydrogen-bond donors (Lipinski definition) is 2. The summed E-state index contributed by atoms with van der Waals surface area (Å²) in [5, 5.41) is 19.7. The highest BCUT2D eigenvalue weighted by Gasteiger charge is 2.62. The fourth-order valence-corrected chi connectivity index (χ4v) is 9.62. The smallest absolute Gasteiger partial charge is 0.303 e. The quantitative estimate of drug-likeness (QED) is 0.278. The summed E-state index contributed by atoms with van der Waals surface area (Å²) in [4.78, 5) is 22.9. The lowest BCUT2D eigenvalue weighted by molar-refractivity contribution is -0.159. The third-order valence-electron chi connectivity index (χ3n) is 11.5. The Hall–Kier alpha value is -0.900. The molecule has 0 unspecified atom stereocenters. The van der Waals surface area contributed by atoms with Crippen molar-refractivity contribution >= 4 is 11.8 Å². The van der Waals surface area contributed by atoms with Gasteiger partial charge in [-0.15, -0.1) is 0 Å². The fraction of sp³-hybridized carbons (Fsp3) is 0.935. The van der Waals surface area contributed by atoms with Crippen LogP contribution in [0.15, 0.2) is 0 Å². The maximum Gasteiger partial charge on any atom is 0.303 e. The van der Waals surface area contributed by atoms with Crippen LogP contribution in [0.25, 0.3) is 0 Å². The van der Waals surface area contributed by atoms with Gasteiger partial charge in [0.2, 0.25) is 0 Å². The molecule has 0 spiro atoms. The highest BCUT2D eigenvalue weighted by molar-refractivity contribution is 5.79. The molecule has 4 nitrogen and oxygen atoms in total. The largest absolute Gasteiger partial charge is 0.481 e. The monoisotopic (exact) mass is 488 g/mol. The van der Waals surface area contributed by atoms with E-state index in [-0.39, 0.29) is 11.5 Å². The molecule has 4 saturated carbocycles. The van der Waals surface area contributed by atoms with Gasteiger partial charge in [-0.05, 0) is 85.4 Å². The van der Waals surface area contributed by atoms with Gasteiger partial charge in [0.15, 0.2) is 0 Å². The molecule has 0 amide bonds. The van der Waals surface area contributed by atoms with Gasteiger partial charge in [-0.25, -0.2) is 0 Å². The van der Waals surface area contributed by atoms with Crippen LogP contribution in [0.2, 0.25) is 0 Å². The Morgan fingerprint density at radius 2 is 1.54 bits per heavy atom. The Balaban J connectivity index is 1.28. The van der Waals surface area contributed by atoms with Crippen molar-refractivity contribution in [2.24, 2.45) is 40.4 Å². The lowest BCUT2D eigenvalue weighted by Gasteiger charge is -2.62.